The standard InChI is InChI=1S/C9H8N2O4/c12-7(6-4-2-1-3-5-6)10-11-8(13)9(14)15/h1-5H,(H,10,12)(H,11,13)(H,14,15). The molecule has 0 atom stereocenters. The van der Waals surface area contributed by atoms with Gasteiger partial charge in [-0.05, 0) is 12.1 Å². The van der Waals surface area contributed by atoms with Crippen LogP contribution in [0.5, 0.6) is 0 Å². The second-order valence-electron chi connectivity index (χ2n) is 2.58. The number of aliphatic carboxylic acids is 1. The van der Waals surface area contributed by atoms with Gasteiger partial charge in [0, 0.05) is 5.56 Å². The Labute approximate surface area is 84.9 Å². The normalized spacial score (nSPS) is 9.07. The van der Waals surface area contributed by atoms with Gasteiger partial charge < -0.3 is 5.11 Å². The Morgan fingerprint density at radius 2 is 1.60 bits per heavy atom. The fraction of sp³-hybridized carbons (Fsp3) is 0. The molecular weight excluding hydrogens is 200 g/mol. The summed E-state index contributed by atoms with van der Waals surface area (Å²) in [5.74, 6) is -3.53. The number of rotatable bonds is 1. The van der Waals surface area contributed by atoms with Gasteiger partial charge in [0.25, 0.3) is 5.91 Å². The fourth-order valence-corrected chi connectivity index (χ4v) is 0.829. The van der Waals surface area contributed by atoms with E-state index in [1.807, 2.05) is 5.43 Å². The molecule has 0 aliphatic heterocycles. The van der Waals surface area contributed by atoms with Crippen molar-refractivity contribution >= 4 is 17.8 Å². The van der Waals surface area contributed by atoms with Crippen molar-refractivity contribution in [2.24, 2.45) is 0 Å². The van der Waals surface area contributed by atoms with Crippen LogP contribution in [0, 0.1) is 0 Å². The third-order valence-electron chi connectivity index (χ3n) is 1.52. The van der Waals surface area contributed by atoms with Crippen molar-refractivity contribution in [3.05, 3.63) is 35.9 Å². The van der Waals surface area contributed by atoms with Gasteiger partial charge in [0.2, 0.25) is 0 Å². The van der Waals surface area contributed by atoms with Crippen LogP contribution in [0.1, 0.15) is 10.4 Å². The van der Waals surface area contributed by atoms with Crippen LogP contribution in [0.4, 0.5) is 0 Å². The molecule has 0 spiro atoms. The van der Waals surface area contributed by atoms with Gasteiger partial charge in [0.05, 0.1) is 0 Å². The maximum Gasteiger partial charge on any atom is 0.396 e. The second kappa shape index (κ2) is 4.75. The highest BCUT2D eigenvalue weighted by Crippen LogP contribution is 1.96. The first kappa shape index (κ1) is 10.7. The van der Waals surface area contributed by atoms with Gasteiger partial charge in [-0.3, -0.25) is 20.4 Å². The van der Waals surface area contributed by atoms with Crippen LogP contribution in [0.25, 0.3) is 0 Å². The van der Waals surface area contributed by atoms with E-state index in [0.717, 1.165) is 0 Å². The molecule has 1 rings (SSSR count). The molecule has 0 radical (unpaired) electrons. The van der Waals surface area contributed by atoms with Gasteiger partial charge in [-0.15, -0.1) is 0 Å². The Morgan fingerprint density at radius 1 is 1.00 bits per heavy atom. The maximum atomic E-state index is 11.3. The molecule has 1 aromatic carbocycles. The average Bonchev–Trinajstić information content (AvgIpc) is 2.26. The minimum atomic E-state index is -1.66. The Kier molecular flexibility index (Phi) is 3.39. The van der Waals surface area contributed by atoms with Crippen LogP contribution in [-0.4, -0.2) is 22.9 Å². The van der Waals surface area contributed by atoms with E-state index >= 15 is 0 Å². The first-order valence-electron chi connectivity index (χ1n) is 4.00. The van der Waals surface area contributed by atoms with E-state index in [1.54, 1.807) is 23.6 Å². The summed E-state index contributed by atoms with van der Waals surface area (Å²) >= 11 is 0. The zero-order chi connectivity index (χ0) is 11.3. The van der Waals surface area contributed by atoms with Gasteiger partial charge in [-0.25, -0.2) is 4.79 Å². The highest BCUT2D eigenvalue weighted by molar-refractivity contribution is 6.31. The van der Waals surface area contributed by atoms with Crippen LogP contribution in [0.3, 0.4) is 0 Å². The van der Waals surface area contributed by atoms with Crippen molar-refractivity contribution in [3.63, 3.8) is 0 Å². The second-order valence-corrected chi connectivity index (χ2v) is 2.58. The quantitative estimate of drug-likeness (QED) is 0.429. The summed E-state index contributed by atoms with van der Waals surface area (Å²) in [6.07, 6.45) is 0. The van der Waals surface area contributed by atoms with E-state index in [0.29, 0.717) is 5.56 Å². The minimum Gasteiger partial charge on any atom is -0.474 e. The molecule has 0 aliphatic rings. The SMILES string of the molecule is O=C(O)C(=O)NNC(=O)c1ccccc1. The fourth-order valence-electron chi connectivity index (χ4n) is 0.829. The van der Waals surface area contributed by atoms with Crippen molar-refractivity contribution in [1.29, 1.82) is 0 Å². The van der Waals surface area contributed by atoms with Crippen molar-refractivity contribution in [3.8, 4) is 0 Å². The van der Waals surface area contributed by atoms with E-state index in [-0.39, 0.29) is 0 Å². The molecule has 3 N–H and O–H groups in total. The van der Waals surface area contributed by atoms with Gasteiger partial charge in [-0.1, -0.05) is 18.2 Å². The minimum absolute atomic E-state index is 0.322. The third kappa shape index (κ3) is 3.11. The monoisotopic (exact) mass is 208 g/mol. The van der Waals surface area contributed by atoms with Crippen LogP contribution in [0.2, 0.25) is 0 Å². The van der Waals surface area contributed by atoms with Crippen molar-refractivity contribution in [2.75, 3.05) is 0 Å². The molecule has 0 aromatic heterocycles. The lowest BCUT2D eigenvalue weighted by atomic mass is 10.2. The Hall–Kier alpha value is -2.37. The Bertz CT molecular complexity index is 388. The summed E-state index contributed by atoms with van der Waals surface area (Å²) in [5, 5.41) is 8.20. The average molecular weight is 208 g/mol. The molecule has 78 valence electrons. The first-order valence-corrected chi connectivity index (χ1v) is 4.00. The molecule has 2 amide bonds. The maximum absolute atomic E-state index is 11.3. The number of carboxylic acid groups (broad SMARTS) is 1. The predicted molar refractivity (Wildman–Crippen MR) is 49.7 cm³/mol. The molecule has 0 aliphatic carbocycles. The number of nitrogens with one attached hydrogen (secondary N) is 2. The number of carbonyl (C=O) groups excluding carboxylic acids is 2. The van der Waals surface area contributed by atoms with Crippen LogP contribution in [0.15, 0.2) is 30.3 Å². The van der Waals surface area contributed by atoms with Crippen LogP contribution >= 0.6 is 0 Å². The summed E-state index contributed by atoms with van der Waals surface area (Å²) in [5.41, 5.74) is 4.03. The summed E-state index contributed by atoms with van der Waals surface area (Å²) < 4.78 is 0. The topological polar surface area (TPSA) is 95.5 Å². The number of amides is 2. The largest absolute Gasteiger partial charge is 0.474 e. The molecule has 6 heteroatoms. The summed E-state index contributed by atoms with van der Waals surface area (Å²) in [6, 6.07) is 8.08. The number of benzene rings is 1. The molecule has 0 saturated carbocycles. The lowest BCUT2D eigenvalue weighted by Gasteiger charge is -2.04. The van der Waals surface area contributed by atoms with Crippen molar-refractivity contribution in [1.82, 2.24) is 10.9 Å². The van der Waals surface area contributed by atoms with Crippen LogP contribution < -0.4 is 10.9 Å². The number of carbonyl (C=O) groups is 3. The van der Waals surface area contributed by atoms with E-state index < -0.39 is 17.8 Å². The molecule has 1 aromatic rings. The van der Waals surface area contributed by atoms with E-state index in [4.69, 9.17) is 5.11 Å². The summed E-state index contributed by atoms with van der Waals surface area (Å²) in [4.78, 5) is 31.9. The van der Waals surface area contributed by atoms with Crippen molar-refractivity contribution < 1.29 is 19.5 Å². The molecule has 6 nitrogen and oxygen atoms in total. The number of hydrazine groups is 1. The summed E-state index contributed by atoms with van der Waals surface area (Å²) in [7, 11) is 0. The number of hydrogen-bond acceptors (Lipinski definition) is 3. The predicted octanol–water partition coefficient (Wildman–Crippen LogP) is -0.468. The Morgan fingerprint density at radius 3 is 2.13 bits per heavy atom. The highest BCUT2D eigenvalue weighted by Gasteiger charge is 2.12. The first-order chi connectivity index (χ1) is 7.11. The zero-order valence-corrected chi connectivity index (χ0v) is 7.56. The van der Waals surface area contributed by atoms with Crippen molar-refractivity contribution in [2.45, 2.75) is 0 Å². The molecule has 0 fully saturated rings. The molecule has 0 heterocycles. The smallest absolute Gasteiger partial charge is 0.396 e. The van der Waals surface area contributed by atoms with Gasteiger partial charge in [-0.2, -0.15) is 0 Å². The third-order valence-corrected chi connectivity index (χ3v) is 1.52. The van der Waals surface area contributed by atoms with Crippen LogP contribution in [-0.2, 0) is 9.59 Å². The number of hydrogen-bond donors (Lipinski definition) is 3. The van der Waals surface area contributed by atoms with E-state index in [1.165, 1.54) is 12.1 Å². The lowest BCUT2D eigenvalue weighted by molar-refractivity contribution is -0.150. The highest BCUT2D eigenvalue weighted by atomic mass is 16.4. The van der Waals surface area contributed by atoms with Gasteiger partial charge in [0.15, 0.2) is 0 Å². The molecule has 0 saturated heterocycles. The summed E-state index contributed by atoms with van der Waals surface area (Å²) in [6.45, 7) is 0. The molecule has 0 bridgehead atoms. The molecule has 0 unspecified atom stereocenters. The lowest BCUT2D eigenvalue weighted by Crippen LogP contribution is -2.44. The van der Waals surface area contributed by atoms with Gasteiger partial charge >= 0.3 is 11.9 Å². The molecule has 15 heavy (non-hydrogen) atoms. The zero-order valence-electron chi connectivity index (χ0n) is 7.56. The van der Waals surface area contributed by atoms with E-state index in [9.17, 15) is 14.4 Å². The molecular formula is C9H8N2O4. The van der Waals surface area contributed by atoms with E-state index in [2.05, 4.69) is 0 Å². The number of carboxylic acids is 1. The van der Waals surface area contributed by atoms with Gasteiger partial charge in [0.1, 0.15) is 0 Å². The Balaban J connectivity index is 2.51.